The summed E-state index contributed by atoms with van der Waals surface area (Å²) in [5, 5.41) is 12.2. The topological polar surface area (TPSA) is 49.3 Å². The molecule has 0 bridgehead atoms. The van der Waals surface area contributed by atoms with Crippen LogP contribution in [0.25, 0.3) is 0 Å². The first-order valence-corrected chi connectivity index (χ1v) is 6.73. The van der Waals surface area contributed by atoms with Crippen molar-refractivity contribution >= 4 is 39.1 Å². The van der Waals surface area contributed by atoms with Gasteiger partial charge in [0.15, 0.2) is 0 Å². The number of hydrogen-bond donors (Lipinski definition) is 2. The van der Waals surface area contributed by atoms with Gasteiger partial charge in [-0.15, -0.1) is 0 Å². The van der Waals surface area contributed by atoms with E-state index in [0.29, 0.717) is 16.3 Å². The molecule has 0 aromatic heterocycles. The molecule has 0 spiro atoms. The van der Waals surface area contributed by atoms with Crippen molar-refractivity contribution in [1.29, 1.82) is 0 Å². The molecule has 0 aliphatic carbocycles. The number of aliphatic hydroxyl groups is 1. The van der Waals surface area contributed by atoms with Gasteiger partial charge >= 0.3 is 0 Å². The molecule has 0 fully saturated rings. The Balaban J connectivity index is 2.15. The van der Waals surface area contributed by atoms with E-state index in [1.165, 1.54) is 0 Å². The molecule has 2 rings (SSSR count). The van der Waals surface area contributed by atoms with Gasteiger partial charge < -0.3 is 10.4 Å². The standard InChI is InChI=1S/C14H11BrClNO2/c15-11-5-10(6-12(16)7-11)14(19)17-13-3-1-9(8-18)2-4-13/h1-7,18H,8H2,(H,17,19). The second kappa shape index (κ2) is 6.19. The Kier molecular flexibility index (Phi) is 4.58. The van der Waals surface area contributed by atoms with Crippen LogP contribution < -0.4 is 5.32 Å². The maximum absolute atomic E-state index is 12.0. The van der Waals surface area contributed by atoms with Crippen LogP contribution in [0.1, 0.15) is 15.9 Å². The Hall–Kier alpha value is -1.36. The zero-order valence-corrected chi connectivity index (χ0v) is 12.2. The molecular formula is C14H11BrClNO2. The van der Waals surface area contributed by atoms with E-state index in [1.54, 1.807) is 42.5 Å². The second-order valence-corrected chi connectivity index (χ2v) is 5.32. The SMILES string of the molecule is O=C(Nc1ccc(CO)cc1)c1cc(Cl)cc(Br)c1. The van der Waals surface area contributed by atoms with Crippen molar-refractivity contribution in [3.8, 4) is 0 Å². The molecule has 1 amide bonds. The Bertz CT molecular complexity index is 579. The quantitative estimate of drug-likeness (QED) is 0.891. The van der Waals surface area contributed by atoms with Gasteiger partial charge in [-0.25, -0.2) is 0 Å². The molecule has 0 saturated carbocycles. The number of carbonyl (C=O) groups excluding carboxylic acids is 1. The van der Waals surface area contributed by atoms with Gasteiger partial charge in [0.25, 0.3) is 5.91 Å². The van der Waals surface area contributed by atoms with Gasteiger partial charge in [-0.2, -0.15) is 0 Å². The number of anilines is 1. The Morgan fingerprint density at radius 1 is 1.21 bits per heavy atom. The summed E-state index contributed by atoms with van der Waals surface area (Å²) in [4.78, 5) is 12.0. The summed E-state index contributed by atoms with van der Waals surface area (Å²) in [5.74, 6) is -0.236. The number of halogens is 2. The third kappa shape index (κ3) is 3.80. The smallest absolute Gasteiger partial charge is 0.255 e. The number of amides is 1. The summed E-state index contributed by atoms with van der Waals surface area (Å²) in [6, 6.07) is 12.0. The summed E-state index contributed by atoms with van der Waals surface area (Å²) >= 11 is 9.19. The summed E-state index contributed by atoms with van der Waals surface area (Å²) in [6.45, 7) is -0.0184. The van der Waals surface area contributed by atoms with Crippen molar-refractivity contribution in [2.24, 2.45) is 0 Å². The number of rotatable bonds is 3. The maximum Gasteiger partial charge on any atom is 0.255 e. The molecule has 3 nitrogen and oxygen atoms in total. The molecule has 2 aromatic rings. The summed E-state index contributed by atoms with van der Waals surface area (Å²) in [5.41, 5.74) is 1.94. The fourth-order valence-electron chi connectivity index (χ4n) is 1.58. The normalized spacial score (nSPS) is 10.3. The van der Waals surface area contributed by atoms with Crippen LogP contribution in [-0.4, -0.2) is 11.0 Å². The molecule has 5 heteroatoms. The fraction of sp³-hybridized carbons (Fsp3) is 0.0714. The number of aliphatic hydroxyl groups excluding tert-OH is 1. The highest BCUT2D eigenvalue weighted by molar-refractivity contribution is 9.10. The van der Waals surface area contributed by atoms with Crippen LogP contribution in [0.15, 0.2) is 46.9 Å². The van der Waals surface area contributed by atoms with E-state index in [9.17, 15) is 4.79 Å². The highest BCUT2D eigenvalue weighted by Gasteiger charge is 2.08. The van der Waals surface area contributed by atoms with Crippen LogP contribution in [0.4, 0.5) is 5.69 Å². The van der Waals surface area contributed by atoms with E-state index >= 15 is 0 Å². The van der Waals surface area contributed by atoms with Crippen molar-refractivity contribution in [1.82, 2.24) is 0 Å². The zero-order chi connectivity index (χ0) is 13.8. The average molecular weight is 341 g/mol. The van der Waals surface area contributed by atoms with Gasteiger partial charge in [0.2, 0.25) is 0 Å². The fourth-order valence-corrected chi connectivity index (χ4v) is 2.44. The van der Waals surface area contributed by atoms with Crippen molar-refractivity contribution in [3.05, 3.63) is 63.1 Å². The predicted molar refractivity (Wildman–Crippen MR) is 79.5 cm³/mol. The van der Waals surface area contributed by atoms with E-state index in [1.807, 2.05) is 0 Å². The largest absolute Gasteiger partial charge is 0.392 e. The molecule has 0 radical (unpaired) electrons. The molecular weight excluding hydrogens is 330 g/mol. The van der Waals surface area contributed by atoms with Crippen molar-refractivity contribution < 1.29 is 9.90 Å². The van der Waals surface area contributed by atoms with Crippen molar-refractivity contribution in [2.45, 2.75) is 6.61 Å². The minimum Gasteiger partial charge on any atom is -0.392 e. The lowest BCUT2D eigenvalue weighted by Crippen LogP contribution is -2.11. The lowest BCUT2D eigenvalue weighted by atomic mass is 10.2. The first-order chi connectivity index (χ1) is 9.08. The predicted octanol–water partition coefficient (Wildman–Crippen LogP) is 3.85. The highest BCUT2D eigenvalue weighted by Crippen LogP contribution is 2.20. The Morgan fingerprint density at radius 2 is 1.89 bits per heavy atom. The Morgan fingerprint density at radius 3 is 2.47 bits per heavy atom. The second-order valence-electron chi connectivity index (χ2n) is 3.97. The lowest BCUT2D eigenvalue weighted by molar-refractivity contribution is 0.102. The van der Waals surface area contributed by atoms with Crippen LogP contribution in [0.3, 0.4) is 0 Å². The summed E-state index contributed by atoms with van der Waals surface area (Å²) in [6.07, 6.45) is 0. The summed E-state index contributed by atoms with van der Waals surface area (Å²) < 4.78 is 0.751. The van der Waals surface area contributed by atoms with E-state index in [4.69, 9.17) is 16.7 Å². The van der Waals surface area contributed by atoms with Crippen LogP contribution >= 0.6 is 27.5 Å². The van der Waals surface area contributed by atoms with Gasteiger partial charge in [-0.3, -0.25) is 4.79 Å². The third-order valence-corrected chi connectivity index (χ3v) is 3.20. The first kappa shape index (κ1) is 14.1. The van der Waals surface area contributed by atoms with Crippen molar-refractivity contribution in [2.75, 3.05) is 5.32 Å². The average Bonchev–Trinajstić information content (AvgIpc) is 2.38. The molecule has 0 aliphatic heterocycles. The highest BCUT2D eigenvalue weighted by atomic mass is 79.9. The van der Waals surface area contributed by atoms with E-state index in [-0.39, 0.29) is 12.5 Å². The molecule has 2 N–H and O–H groups in total. The van der Waals surface area contributed by atoms with Crippen molar-refractivity contribution in [3.63, 3.8) is 0 Å². The molecule has 0 atom stereocenters. The number of nitrogens with one attached hydrogen (secondary N) is 1. The summed E-state index contributed by atoms with van der Waals surface area (Å²) in [7, 11) is 0. The van der Waals surface area contributed by atoms with Crippen LogP contribution in [0, 0.1) is 0 Å². The van der Waals surface area contributed by atoms with Gasteiger partial charge in [-0.1, -0.05) is 39.7 Å². The zero-order valence-electron chi connectivity index (χ0n) is 9.86. The maximum atomic E-state index is 12.0. The van der Waals surface area contributed by atoms with Crippen LogP contribution in [0.2, 0.25) is 5.02 Å². The molecule has 0 unspecified atom stereocenters. The van der Waals surface area contributed by atoms with Gasteiger partial charge in [0, 0.05) is 20.7 Å². The van der Waals surface area contributed by atoms with Gasteiger partial charge in [-0.05, 0) is 35.9 Å². The molecule has 0 saturated heterocycles. The lowest BCUT2D eigenvalue weighted by Gasteiger charge is -2.07. The van der Waals surface area contributed by atoms with E-state index in [2.05, 4.69) is 21.2 Å². The molecule has 19 heavy (non-hydrogen) atoms. The monoisotopic (exact) mass is 339 g/mol. The first-order valence-electron chi connectivity index (χ1n) is 5.56. The van der Waals surface area contributed by atoms with Crippen LogP contribution in [-0.2, 0) is 6.61 Å². The van der Waals surface area contributed by atoms with Gasteiger partial charge in [0.05, 0.1) is 6.61 Å². The van der Waals surface area contributed by atoms with E-state index in [0.717, 1.165) is 10.0 Å². The molecule has 0 aliphatic rings. The third-order valence-electron chi connectivity index (χ3n) is 2.52. The minimum atomic E-state index is -0.236. The number of carbonyl (C=O) groups is 1. The van der Waals surface area contributed by atoms with Gasteiger partial charge in [0.1, 0.15) is 0 Å². The van der Waals surface area contributed by atoms with Crippen LogP contribution in [0.5, 0.6) is 0 Å². The number of hydrogen-bond acceptors (Lipinski definition) is 2. The molecule has 0 heterocycles. The number of benzene rings is 2. The Labute approximate surface area is 124 Å². The molecule has 2 aromatic carbocycles. The van der Waals surface area contributed by atoms with E-state index < -0.39 is 0 Å². The minimum absolute atomic E-state index is 0.0184. The molecule has 98 valence electrons.